The highest BCUT2D eigenvalue weighted by molar-refractivity contribution is 6.21. The normalized spacial score (nSPS) is 11.8. The molecule has 0 saturated carbocycles. The van der Waals surface area contributed by atoms with Crippen LogP contribution in [0.3, 0.4) is 0 Å². The molecule has 0 amide bonds. The number of rotatable bonds is 4. The Morgan fingerprint density at radius 1 is 0.312 bits per heavy atom. The Labute approximate surface area is 277 Å². The standard InChI is InChI=1S/C46H29NO/c1-2-9-30(10-3-1)34-14-8-15-37(25-34)47(39-23-24-41-43-26-35-12-4-5-13-36(35)27-44(43)48-45(41)29-39)38-22-21-32-18-20-33-19-17-31-11-6-7-16-40(31)46(33)42(32)28-38/h1-29H. The van der Waals surface area contributed by atoms with Gasteiger partial charge in [-0.05, 0) is 103 Å². The Hall–Kier alpha value is -6.38. The molecule has 0 spiro atoms. The van der Waals surface area contributed by atoms with Gasteiger partial charge in [0.25, 0.3) is 0 Å². The molecule has 0 radical (unpaired) electrons. The van der Waals surface area contributed by atoms with Gasteiger partial charge in [-0.25, -0.2) is 0 Å². The molecule has 0 aliphatic heterocycles. The molecule has 0 atom stereocenters. The summed E-state index contributed by atoms with van der Waals surface area (Å²) in [4.78, 5) is 2.36. The van der Waals surface area contributed by atoms with E-state index in [2.05, 4.69) is 181 Å². The number of hydrogen-bond acceptors (Lipinski definition) is 2. The summed E-state index contributed by atoms with van der Waals surface area (Å²) in [5.74, 6) is 0. The molecular weight excluding hydrogens is 583 g/mol. The monoisotopic (exact) mass is 611 g/mol. The van der Waals surface area contributed by atoms with Gasteiger partial charge in [0.15, 0.2) is 0 Å². The van der Waals surface area contributed by atoms with Gasteiger partial charge in [-0.1, -0.05) is 121 Å². The average molecular weight is 612 g/mol. The Bertz CT molecular complexity index is 2840. The van der Waals surface area contributed by atoms with Crippen LogP contribution in [0, 0.1) is 0 Å². The van der Waals surface area contributed by atoms with Crippen molar-refractivity contribution in [1.82, 2.24) is 0 Å². The highest BCUT2D eigenvalue weighted by Crippen LogP contribution is 2.42. The van der Waals surface area contributed by atoms with E-state index >= 15 is 0 Å². The number of fused-ring (bicyclic) bond motifs is 9. The molecule has 0 aliphatic carbocycles. The van der Waals surface area contributed by atoms with Crippen molar-refractivity contribution in [2.24, 2.45) is 0 Å². The van der Waals surface area contributed by atoms with Crippen LogP contribution in [0.4, 0.5) is 17.1 Å². The topological polar surface area (TPSA) is 16.4 Å². The molecule has 0 unspecified atom stereocenters. The van der Waals surface area contributed by atoms with Gasteiger partial charge < -0.3 is 9.32 Å². The van der Waals surface area contributed by atoms with Crippen molar-refractivity contribution < 1.29 is 4.42 Å². The summed E-state index contributed by atoms with van der Waals surface area (Å²) in [5.41, 5.74) is 7.36. The van der Waals surface area contributed by atoms with Crippen LogP contribution in [-0.2, 0) is 0 Å². The lowest BCUT2D eigenvalue weighted by Crippen LogP contribution is -2.10. The maximum atomic E-state index is 6.57. The lowest BCUT2D eigenvalue weighted by atomic mass is 9.96. The van der Waals surface area contributed by atoms with Crippen LogP contribution in [0.15, 0.2) is 180 Å². The number of furan rings is 1. The highest BCUT2D eigenvalue weighted by atomic mass is 16.3. The van der Waals surface area contributed by atoms with Crippen LogP contribution in [0.2, 0.25) is 0 Å². The third-order valence-electron chi connectivity index (χ3n) is 9.76. The zero-order valence-corrected chi connectivity index (χ0v) is 26.1. The van der Waals surface area contributed by atoms with Crippen molar-refractivity contribution in [2.45, 2.75) is 0 Å². The maximum absolute atomic E-state index is 6.57. The van der Waals surface area contributed by atoms with E-state index in [0.717, 1.165) is 39.0 Å². The van der Waals surface area contributed by atoms with Crippen LogP contribution >= 0.6 is 0 Å². The van der Waals surface area contributed by atoms with Gasteiger partial charge in [0, 0.05) is 33.9 Å². The van der Waals surface area contributed by atoms with Gasteiger partial charge in [0.1, 0.15) is 11.2 Å². The Morgan fingerprint density at radius 3 is 1.77 bits per heavy atom. The SMILES string of the molecule is c1ccc(-c2cccc(N(c3ccc4c(c3)oc3cc5ccccc5cc34)c3ccc4ccc5ccc6ccccc6c5c4c3)c2)cc1. The van der Waals surface area contributed by atoms with E-state index in [1.165, 1.54) is 54.2 Å². The molecule has 10 aromatic rings. The molecule has 10 rings (SSSR count). The quantitative estimate of drug-likeness (QED) is 0.184. The van der Waals surface area contributed by atoms with Gasteiger partial charge in [0.2, 0.25) is 0 Å². The predicted octanol–water partition coefficient (Wildman–Crippen LogP) is 13.3. The zero-order chi connectivity index (χ0) is 31.6. The van der Waals surface area contributed by atoms with Crippen molar-refractivity contribution in [3.05, 3.63) is 176 Å². The molecular formula is C46H29NO. The van der Waals surface area contributed by atoms with E-state index in [-0.39, 0.29) is 0 Å². The van der Waals surface area contributed by atoms with Gasteiger partial charge in [-0.15, -0.1) is 0 Å². The number of hydrogen-bond donors (Lipinski definition) is 0. The van der Waals surface area contributed by atoms with Crippen LogP contribution < -0.4 is 4.90 Å². The van der Waals surface area contributed by atoms with Crippen LogP contribution in [0.25, 0.3) is 76.2 Å². The van der Waals surface area contributed by atoms with Gasteiger partial charge in [0.05, 0.1) is 0 Å². The summed E-state index contributed by atoms with van der Waals surface area (Å²) in [7, 11) is 0. The Kier molecular flexibility index (Phi) is 5.91. The lowest BCUT2D eigenvalue weighted by molar-refractivity contribution is 0.669. The number of anilines is 3. The fraction of sp³-hybridized carbons (Fsp3) is 0. The molecule has 2 heteroatoms. The zero-order valence-electron chi connectivity index (χ0n) is 26.1. The van der Waals surface area contributed by atoms with Crippen LogP contribution in [0.1, 0.15) is 0 Å². The van der Waals surface area contributed by atoms with Crippen molar-refractivity contribution in [3.63, 3.8) is 0 Å². The third-order valence-corrected chi connectivity index (χ3v) is 9.76. The summed E-state index contributed by atoms with van der Waals surface area (Å²) in [6.45, 7) is 0. The number of benzene rings is 9. The van der Waals surface area contributed by atoms with Gasteiger partial charge >= 0.3 is 0 Å². The van der Waals surface area contributed by atoms with Crippen molar-refractivity contribution in [3.8, 4) is 11.1 Å². The van der Waals surface area contributed by atoms with Crippen molar-refractivity contribution >= 4 is 82.1 Å². The number of nitrogens with zero attached hydrogens (tertiary/aromatic N) is 1. The first-order chi connectivity index (χ1) is 23.8. The van der Waals surface area contributed by atoms with E-state index in [1.807, 2.05) is 0 Å². The highest BCUT2D eigenvalue weighted by Gasteiger charge is 2.18. The summed E-state index contributed by atoms with van der Waals surface area (Å²) >= 11 is 0. The lowest BCUT2D eigenvalue weighted by Gasteiger charge is -2.26. The first-order valence-electron chi connectivity index (χ1n) is 16.4. The molecule has 0 aliphatic rings. The van der Waals surface area contributed by atoms with E-state index in [0.29, 0.717) is 0 Å². The summed E-state index contributed by atoms with van der Waals surface area (Å²) < 4.78 is 6.57. The molecule has 0 N–H and O–H groups in total. The minimum absolute atomic E-state index is 0.874. The van der Waals surface area contributed by atoms with E-state index < -0.39 is 0 Å². The second kappa shape index (κ2) is 10.6. The average Bonchev–Trinajstić information content (AvgIpc) is 3.50. The fourth-order valence-electron chi connectivity index (χ4n) is 7.44. The van der Waals surface area contributed by atoms with Crippen molar-refractivity contribution in [2.75, 3.05) is 4.90 Å². The van der Waals surface area contributed by atoms with Crippen LogP contribution in [-0.4, -0.2) is 0 Å². The smallest absolute Gasteiger partial charge is 0.137 e. The first-order valence-corrected chi connectivity index (χ1v) is 16.4. The van der Waals surface area contributed by atoms with E-state index in [9.17, 15) is 0 Å². The molecule has 48 heavy (non-hydrogen) atoms. The molecule has 224 valence electrons. The largest absolute Gasteiger partial charge is 0.456 e. The maximum Gasteiger partial charge on any atom is 0.137 e. The van der Waals surface area contributed by atoms with Gasteiger partial charge in [-0.3, -0.25) is 0 Å². The first kappa shape index (κ1) is 26.8. The molecule has 1 heterocycles. The van der Waals surface area contributed by atoms with Crippen molar-refractivity contribution in [1.29, 1.82) is 0 Å². The Balaban J connectivity index is 1.22. The molecule has 9 aromatic carbocycles. The molecule has 1 aromatic heterocycles. The fourth-order valence-corrected chi connectivity index (χ4v) is 7.44. The minimum Gasteiger partial charge on any atom is -0.456 e. The molecule has 2 nitrogen and oxygen atoms in total. The second-order valence-corrected chi connectivity index (χ2v) is 12.6. The third kappa shape index (κ3) is 4.27. The minimum atomic E-state index is 0.874. The Morgan fingerprint density at radius 2 is 0.917 bits per heavy atom. The molecule has 0 fully saturated rings. The summed E-state index contributed by atoms with van der Waals surface area (Å²) in [5, 5.41) is 12.2. The predicted molar refractivity (Wildman–Crippen MR) is 204 cm³/mol. The van der Waals surface area contributed by atoms with E-state index in [4.69, 9.17) is 4.42 Å². The summed E-state index contributed by atoms with van der Waals surface area (Å²) in [6.07, 6.45) is 0. The second-order valence-electron chi connectivity index (χ2n) is 12.6. The van der Waals surface area contributed by atoms with Gasteiger partial charge in [-0.2, -0.15) is 0 Å². The molecule has 0 bridgehead atoms. The summed E-state index contributed by atoms with van der Waals surface area (Å²) in [6, 6.07) is 63.4. The van der Waals surface area contributed by atoms with E-state index in [1.54, 1.807) is 0 Å². The van der Waals surface area contributed by atoms with Crippen LogP contribution in [0.5, 0.6) is 0 Å². The molecule has 0 saturated heterocycles.